The summed E-state index contributed by atoms with van der Waals surface area (Å²) in [6.07, 6.45) is 15.7. The number of aryl methyl sites for hydroxylation is 1. The minimum Gasteiger partial charge on any atom is -0.424 e. The average molecular weight is 488 g/mol. The van der Waals surface area contributed by atoms with Crippen LogP contribution in [-0.4, -0.2) is 5.97 Å². The van der Waals surface area contributed by atoms with Gasteiger partial charge >= 0.3 is 5.97 Å². The van der Waals surface area contributed by atoms with Crippen LogP contribution in [0.4, 0.5) is 0 Å². The molecule has 1 saturated carbocycles. The fraction of sp³-hybridized carbons (Fsp3) is 0.576. The van der Waals surface area contributed by atoms with Gasteiger partial charge in [0.05, 0.1) is 11.0 Å². The molecule has 0 unspecified atom stereocenters. The lowest BCUT2D eigenvalue weighted by atomic mass is 9.69. The molecule has 0 aromatic heterocycles. The minimum absolute atomic E-state index is 0.213. The van der Waals surface area contributed by atoms with Gasteiger partial charge in [0.2, 0.25) is 0 Å². The second-order valence-corrected chi connectivity index (χ2v) is 11.1. The summed E-state index contributed by atoms with van der Waals surface area (Å²) in [5.41, 5.74) is 3.33. The maximum Gasteiger partial charge on any atom is 0.321 e. The van der Waals surface area contributed by atoms with E-state index >= 15 is 0 Å². The van der Waals surface area contributed by atoms with Crippen LogP contribution in [-0.2, 0) is 23.1 Å². The van der Waals surface area contributed by atoms with Gasteiger partial charge in [-0.25, -0.2) is 0 Å². The maximum absolute atomic E-state index is 13.7. The van der Waals surface area contributed by atoms with Gasteiger partial charge in [-0.2, -0.15) is 5.26 Å². The van der Waals surface area contributed by atoms with Gasteiger partial charge in [-0.05, 0) is 66.8 Å². The Balaban J connectivity index is 1.68. The highest BCUT2D eigenvalue weighted by Crippen LogP contribution is 2.41. The van der Waals surface area contributed by atoms with Crippen LogP contribution in [0.15, 0.2) is 42.5 Å². The second kappa shape index (κ2) is 14.2. The summed E-state index contributed by atoms with van der Waals surface area (Å²) in [6.45, 7) is 6.69. The summed E-state index contributed by atoms with van der Waals surface area (Å²) >= 11 is 0. The highest BCUT2D eigenvalue weighted by molar-refractivity contribution is 5.85. The molecule has 2 aromatic rings. The Bertz CT molecular complexity index is 993. The van der Waals surface area contributed by atoms with Crippen LogP contribution in [0.3, 0.4) is 0 Å². The summed E-state index contributed by atoms with van der Waals surface area (Å²) in [6, 6.07) is 16.6. The van der Waals surface area contributed by atoms with E-state index in [1.54, 1.807) is 0 Å². The smallest absolute Gasteiger partial charge is 0.321 e. The Hall–Kier alpha value is -2.60. The van der Waals surface area contributed by atoms with E-state index in [1.165, 1.54) is 44.1 Å². The average Bonchev–Trinajstić information content (AvgIpc) is 2.89. The lowest BCUT2D eigenvalue weighted by molar-refractivity contribution is -0.142. The Kier molecular flexibility index (Phi) is 11.1. The standard InChI is InChI=1S/C33H45NO2/c1-4-5-6-7-8-9-11-14-27-17-20-31(29(24-27)25-34)36-32(35)33(21-12-10-13-22-33)30-18-15-28(16-19-30)23-26(2)3/h15-20,24,26H,4-14,21-23H2,1-3H3. The third-order valence-corrected chi connectivity index (χ3v) is 7.68. The fourth-order valence-electron chi connectivity index (χ4n) is 5.59. The summed E-state index contributed by atoms with van der Waals surface area (Å²) in [5, 5.41) is 9.80. The molecule has 1 fully saturated rings. The number of benzene rings is 2. The van der Waals surface area contributed by atoms with Crippen molar-refractivity contribution in [1.29, 1.82) is 5.26 Å². The van der Waals surface area contributed by atoms with E-state index in [-0.39, 0.29) is 5.97 Å². The summed E-state index contributed by atoms with van der Waals surface area (Å²) < 4.78 is 6.00. The molecule has 0 aliphatic heterocycles. The molecule has 0 radical (unpaired) electrons. The lowest BCUT2D eigenvalue weighted by Gasteiger charge is -2.35. The van der Waals surface area contributed by atoms with Crippen molar-refractivity contribution in [2.45, 2.75) is 116 Å². The first-order chi connectivity index (χ1) is 17.5. The molecular formula is C33H45NO2. The Morgan fingerprint density at radius 1 is 0.917 bits per heavy atom. The molecule has 3 heteroatoms. The SMILES string of the molecule is CCCCCCCCCc1ccc(OC(=O)C2(c3ccc(CC(C)C)cc3)CCCCC2)c(C#N)c1. The van der Waals surface area contributed by atoms with Crippen LogP contribution < -0.4 is 4.74 Å². The number of carbonyl (C=O) groups is 1. The summed E-state index contributed by atoms with van der Waals surface area (Å²) in [5.74, 6) is 0.782. The van der Waals surface area contributed by atoms with Crippen molar-refractivity contribution >= 4 is 5.97 Å². The topological polar surface area (TPSA) is 50.1 Å². The second-order valence-electron chi connectivity index (χ2n) is 11.1. The normalized spacial score (nSPS) is 15.0. The lowest BCUT2D eigenvalue weighted by Crippen LogP contribution is -2.41. The van der Waals surface area contributed by atoms with Crippen LogP contribution in [0.25, 0.3) is 0 Å². The molecule has 0 N–H and O–H groups in total. The molecule has 0 spiro atoms. The van der Waals surface area contributed by atoms with Crippen LogP contribution in [0.5, 0.6) is 5.75 Å². The largest absolute Gasteiger partial charge is 0.424 e. The third-order valence-electron chi connectivity index (χ3n) is 7.68. The number of ether oxygens (including phenoxy) is 1. The van der Waals surface area contributed by atoms with Gasteiger partial charge in [0, 0.05) is 0 Å². The predicted octanol–water partition coefficient (Wildman–Crippen LogP) is 8.86. The van der Waals surface area contributed by atoms with Crippen molar-refractivity contribution in [2.75, 3.05) is 0 Å². The zero-order valence-corrected chi connectivity index (χ0v) is 22.8. The van der Waals surface area contributed by atoms with E-state index in [4.69, 9.17) is 4.74 Å². The number of rotatable bonds is 13. The van der Waals surface area contributed by atoms with Crippen molar-refractivity contribution in [3.8, 4) is 11.8 Å². The number of hydrogen-bond acceptors (Lipinski definition) is 3. The number of esters is 1. The molecule has 3 rings (SSSR count). The van der Waals surface area contributed by atoms with E-state index in [1.807, 2.05) is 18.2 Å². The highest BCUT2D eigenvalue weighted by atomic mass is 16.5. The molecule has 1 aliphatic rings. The van der Waals surface area contributed by atoms with E-state index in [9.17, 15) is 10.1 Å². The van der Waals surface area contributed by atoms with Gasteiger partial charge in [-0.15, -0.1) is 0 Å². The Morgan fingerprint density at radius 3 is 2.19 bits per heavy atom. The Labute approximate surface area is 219 Å². The molecule has 1 aliphatic carbocycles. The van der Waals surface area contributed by atoms with Gasteiger partial charge in [-0.3, -0.25) is 4.79 Å². The molecule has 194 valence electrons. The van der Waals surface area contributed by atoms with E-state index < -0.39 is 5.41 Å². The zero-order chi connectivity index (χ0) is 25.8. The molecule has 0 bridgehead atoms. The van der Waals surface area contributed by atoms with Crippen LogP contribution in [0, 0.1) is 17.2 Å². The number of hydrogen-bond donors (Lipinski definition) is 0. The highest BCUT2D eigenvalue weighted by Gasteiger charge is 2.43. The maximum atomic E-state index is 13.7. The van der Waals surface area contributed by atoms with Gasteiger partial charge in [0.1, 0.15) is 11.8 Å². The fourth-order valence-corrected chi connectivity index (χ4v) is 5.59. The van der Waals surface area contributed by atoms with Crippen molar-refractivity contribution < 1.29 is 9.53 Å². The van der Waals surface area contributed by atoms with Gasteiger partial charge in [0.25, 0.3) is 0 Å². The molecule has 0 atom stereocenters. The minimum atomic E-state index is -0.627. The number of unbranched alkanes of at least 4 members (excludes halogenated alkanes) is 6. The van der Waals surface area contributed by atoms with Crippen LogP contribution in [0.2, 0.25) is 0 Å². The van der Waals surface area contributed by atoms with E-state index in [0.29, 0.717) is 17.2 Å². The first-order valence-electron chi connectivity index (χ1n) is 14.3. The molecule has 3 nitrogen and oxygen atoms in total. The third kappa shape index (κ3) is 7.70. The van der Waals surface area contributed by atoms with Gasteiger partial charge in [-0.1, -0.05) is 109 Å². The van der Waals surface area contributed by atoms with Crippen molar-refractivity contribution in [3.63, 3.8) is 0 Å². The molecule has 0 heterocycles. The molecule has 0 saturated heterocycles. The zero-order valence-electron chi connectivity index (χ0n) is 22.8. The van der Waals surface area contributed by atoms with E-state index in [0.717, 1.165) is 62.5 Å². The monoisotopic (exact) mass is 487 g/mol. The number of nitrogens with zero attached hydrogens (tertiary/aromatic N) is 1. The molecule has 0 amide bonds. The Morgan fingerprint density at radius 2 is 1.56 bits per heavy atom. The number of carbonyl (C=O) groups excluding carboxylic acids is 1. The summed E-state index contributed by atoms with van der Waals surface area (Å²) in [4.78, 5) is 13.7. The molecular weight excluding hydrogens is 442 g/mol. The quantitative estimate of drug-likeness (QED) is 0.161. The predicted molar refractivity (Wildman–Crippen MR) is 148 cm³/mol. The first-order valence-corrected chi connectivity index (χ1v) is 14.3. The van der Waals surface area contributed by atoms with Crippen molar-refractivity contribution in [1.82, 2.24) is 0 Å². The van der Waals surface area contributed by atoms with Crippen molar-refractivity contribution in [2.24, 2.45) is 5.92 Å². The van der Waals surface area contributed by atoms with Crippen LogP contribution in [0.1, 0.15) is 120 Å². The van der Waals surface area contributed by atoms with Gasteiger partial charge < -0.3 is 4.74 Å². The first kappa shape index (κ1) is 28.0. The van der Waals surface area contributed by atoms with Crippen molar-refractivity contribution in [3.05, 3.63) is 64.7 Å². The summed E-state index contributed by atoms with van der Waals surface area (Å²) in [7, 11) is 0. The van der Waals surface area contributed by atoms with Gasteiger partial charge in [0.15, 0.2) is 0 Å². The number of nitriles is 1. The molecule has 2 aromatic carbocycles. The molecule has 36 heavy (non-hydrogen) atoms. The van der Waals surface area contributed by atoms with Crippen LogP contribution >= 0.6 is 0 Å². The van der Waals surface area contributed by atoms with E-state index in [2.05, 4.69) is 51.1 Å².